The van der Waals surface area contributed by atoms with Crippen molar-refractivity contribution >= 4 is 27.8 Å². The maximum absolute atomic E-state index is 11.9. The third-order valence-electron chi connectivity index (χ3n) is 3.32. The molecule has 0 spiro atoms. The maximum atomic E-state index is 11.9. The number of nitrogens with one attached hydrogen (secondary N) is 1. The van der Waals surface area contributed by atoms with Crippen LogP contribution in [-0.4, -0.2) is 29.1 Å². The highest BCUT2D eigenvalue weighted by molar-refractivity contribution is 9.10. The van der Waals surface area contributed by atoms with Crippen molar-refractivity contribution in [2.45, 2.75) is 51.5 Å². The number of unbranched alkanes of at least 4 members (excludes halogenated alkanes) is 1. The number of rotatable bonds is 10. The monoisotopic (exact) mass is 385 g/mol. The topological polar surface area (TPSA) is 75.6 Å². The largest absolute Gasteiger partial charge is 0.494 e. The van der Waals surface area contributed by atoms with Gasteiger partial charge in [0.2, 0.25) is 5.91 Å². The minimum atomic E-state index is -0.850. The fourth-order valence-electron chi connectivity index (χ4n) is 2.03. The van der Waals surface area contributed by atoms with Crippen LogP contribution < -0.4 is 10.1 Å². The van der Waals surface area contributed by atoms with E-state index in [0.29, 0.717) is 19.4 Å². The molecule has 2 N–H and O–H groups in total. The summed E-state index contributed by atoms with van der Waals surface area (Å²) >= 11 is 3.36. The molecule has 0 saturated carbocycles. The summed E-state index contributed by atoms with van der Waals surface area (Å²) in [6, 6.07) is 7.62. The molecule has 0 unspecified atom stereocenters. The molecule has 1 rings (SSSR count). The normalized spacial score (nSPS) is 11.1. The number of halogens is 1. The molecule has 0 heterocycles. The molecule has 1 aromatic carbocycles. The zero-order valence-electron chi connectivity index (χ0n) is 13.6. The Labute approximate surface area is 145 Å². The molecule has 0 radical (unpaired) electrons. The molecular weight excluding hydrogens is 362 g/mol. The first-order valence-electron chi connectivity index (χ1n) is 7.70. The number of amides is 1. The van der Waals surface area contributed by atoms with Crippen molar-refractivity contribution in [3.8, 4) is 5.75 Å². The molecule has 6 heteroatoms. The Morgan fingerprint density at radius 2 is 1.83 bits per heavy atom. The average molecular weight is 386 g/mol. The molecule has 0 aromatic heterocycles. The van der Waals surface area contributed by atoms with E-state index in [9.17, 15) is 9.59 Å². The smallest absolute Gasteiger partial charge is 0.303 e. The van der Waals surface area contributed by atoms with Crippen LogP contribution in [0.3, 0.4) is 0 Å². The zero-order valence-corrected chi connectivity index (χ0v) is 15.2. The quantitative estimate of drug-likeness (QED) is 0.601. The number of benzene rings is 1. The van der Waals surface area contributed by atoms with Crippen LogP contribution in [0.4, 0.5) is 0 Å². The van der Waals surface area contributed by atoms with E-state index in [2.05, 4.69) is 21.2 Å². The van der Waals surface area contributed by atoms with Gasteiger partial charge < -0.3 is 15.2 Å². The minimum absolute atomic E-state index is 0.0499. The van der Waals surface area contributed by atoms with Crippen molar-refractivity contribution < 1.29 is 19.4 Å². The van der Waals surface area contributed by atoms with Crippen LogP contribution in [0, 0.1) is 0 Å². The Morgan fingerprint density at radius 1 is 1.17 bits per heavy atom. The van der Waals surface area contributed by atoms with E-state index in [1.165, 1.54) is 0 Å². The van der Waals surface area contributed by atoms with Crippen LogP contribution in [0.2, 0.25) is 0 Å². The lowest BCUT2D eigenvalue weighted by atomic mass is 9.98. The van der Waals surface area contributed by atoms with E-state index in [1.54, 1.807) is 0 Å². The molecule has 23 heavy (non-hydrogen) atoms. The number of hydrogen-bond donors (Lipinski definition) is 2. The van der Waals surface area contributed by atoms with Gasteiger partial charge >= 0.3 is 5.97 Å². The van der Waals surface area contributed by atoms with E-state index < -0.39 is 11.5 Å². The van der Waals surface area contributed by atoms with Gasteiger partial charge in [0, 0.05) is 22.9 Å². The summed E-state index contributed by atoms with van der Waals surface area (Å²) in [6.45, 7) is 4.24. The summed E-state index contributed by atoms with van der Waals surface area (Å²) in [5.41, 5.74) is -0.497. The number of hydrogen-bond acceptors (Lipinski definition) is 3. The van der Waals surface area contributed by atoms with Crippen molar-refractivity contribution in [2.75, 3.05) is 6.61 Å². The van der Waals surface area contributed by atoms with Gasteiger partial charge in [-0.25, -0.2) is 0 Å². The first-order chi connectivity index (χ1) is 10.8. The SMILES string of the molecule is CC(C)(CCC(=O)O)NC(=O)CCCCOc1ccc(Br)cc1. The Hall–Kier alpha value is -1.56. The van der Waals surface area contributed by atoms with Gasteiger partial charge in [0.25, 0.3) is 0 Å². The molecule has 5 nitrogen and oxygen atoms in total. The number of carbonyl (C=O) groups excluding carboxylic acids is 1. The van der Waals surface area contributed by atoms with Gasteiger partial charge in [-0.15, -0.1) is 0 Å². The summed E-state index contributed by atoms with van der Waals surface area (Å²) in [7, 11) is 0. The molecule has 0 aliphatic carbocycles. The van der Waals surface area contributed by atoms with E-state index in [-0.39, 0.29) is 12.3 Å². The Bertz CT molecular complexity index is 514. The third kappa shape index (κ3) is 9.23. The van der Waals surface area contributed by atoms with Crippen molar-refractivity contribution in [3.05, 3.63) is 28.7 Å². The fraction of sp³-hybridized carbons (Fsp3) is 0.529. The first-order valence-corrected chi connectivity index (χ1v) is 8.49. The van der Waals surface area contributed by atoms with Gasteiger partial charge in [0.15, 0.2) is 0 Å². The van der Waals surface area contributed by atoms with E-state index >= 15 is 0 Å². The minimum Gasteiger partial charge on any atom is -0.494 e. The predicted molar refractivity (Wildman–Crippen MR) is 92.6 cm³/mol. The summed E-state index contributed by atoms with van der Waals surface area (Å²) < 4.78 is 6.60. The van der Waals surface area contributed by atoms with Crippen LogP contribution in [-0.2, 0) is 9.59 Å². The van der Waals surface area contributed by atoms with Crippen molar-refractivity contribution in [1.29, 1.82) is 0 Å². The summed E-state index contributed by atoms with van der Waals surface area (Å²) in [5, 5.41) is 11.6. The second kappa shape index (κ2) is 9.55. The Morgan fingerprint density at radius 3 is 2.43 bits per heavy atom. The molecule has 1 amide bonds. The Kier molecular flexibility index (Phi) is 8.09. The van der Waals surface area contributed by atoms with Gasteiger partial charge in [-0.05, 0) is 57.4 Å². The van der Waals surface area contributed by atoms with Crippen molar-refractivity contribution in [2.24, 2.45) is 0 Å². The third-order valence-corrected chi connectivity index (χ3v) is 3.85. The zero-order chi connectivity index (χ0) is 17.3. The van der Waals surface area contributed by atoms with Crippen LogP contribution in [0.15, 0.2) is 28.7 Å². The number of carboxylic acid groups (broad SMARTS) is 1. The van der Waals surface area contributed by atoms with Gasteiger partial charge in [-0.3, -0.25) is 9.59 Å². The fourth-order valence-corrected chi connectivity index (χ4v) is 2.29. The van der Waals surface area contributed by atoms with Crippen LogP contribution in [0.5, 0.6) is 5.75 Å². The van der Waals surface area contributed by atoms with Gasteiger partial charge in [0.05, 0.1) is 6.61 Å². The molecule has 128 valence electrons. The molecule has 0 fully saturated rings. The van der Waals surface area contributed by atoms with Crippen LogP contribution in [0.25, 0.3) is 0 Å². The number of aliphatic carboxylic acids is 1. The molecule has 0 saturated heterocycles. The maximum Gasteiger partial charge on any atom is 0.303 e. The highest BCUT2D eigenvalue weighted by atomic mass is 79.9. The van der Waals surface area contributed by atoms with Crippen LogP contribution >= 0.6 is 15.9 Å². The van der Waals surface area contributed by atoms with E-state index in [4.69, 9.17) is 9.84 Å². The summed E-state index contributed by atoms with van der Waals surface area (Å²) in [4.78, 5) is 22.5. The second-order valence-electron chi connectivity index (χ2n) is 6.09. The Balaban J connectivity index is 2.16. The standard InChI is InChI=1S/C17H24BrNO4/c1-17(2,11-10-16(21)22)19-15(20)5-3-4-12-23-14-8-6-13(18)7-9-14/h6-9H,3-5,10-12H2,1-2H3,(H,19,20)(H,21,22). The van der Waals surface area contributed by atoms with E-state index in [0.717, 1.165) is 23.1 Å². The molecule has 0 aliphatic heterocycles. The van der Waals surface area contributed by atoms with Gasteiger partial charge in [-0.2, -0.15) is 0 Å². The predicted octanol–water partition coefficient (Wildman–Crippen LogP) is 3.76. The highest BCUT2D eigenvalue weighted by Gasteiger charge is 2.21. The van der Waals surface area contributed by atoms with Gasteiger partial charge in [-0.1, -0.05) is 15.9 Å². The number of ether oxygens (including phenoxy) is 1. The first kappa shape index (κ1) is 19.5. The van der Waals surface area contributed by atoms with Crippen LogP contribution in [0.1, 0.15) is 46.0 Å². The second-order valence-corrected chi connectivity index (χ2v) is 7.00. The molecule has 0 aliphatic rings. The van der Waals surface area contributed by atoms with E-state index in [1.807, 2.05) is 38.1 Å². The molecule has 1 aromatic rings. The van der Waals surface area contributed by atoms with Gasteiger partial charge in [0.1, 0.15) is 5.75 Å². The lowest BCUT2D eigenvalue weighted by molar-refractivity contribution is -0.137. The number of carbonyl (C=O) groups is 2. The van der Waals surface area contributed by atoms with Crippen molar-refractivity contribution in [1.82, 2.24) is 5.32 Å². The number of carboxylic acids is 1. The highest BCUT2D eigenvalue weighted by Crippen LogP contribution is 2.16. The average Bonchev–Trinajstić information content (AvgIpc) is 2.46. The van der Waals surface area contributed by atoms with Crippen molar-refractivity contribution in [3.63, 3.8) is 0 Å². The molecular formula is C17H24BrNO4. The molecule has 0 bridgehead atoms. The summed E-state index contributed by atoms with van der Waals surface area (Å²) in [5.74, 6) is -0.0890. The lowest BCUT2D eigenvalue weighted by Gasteiger charge is -2.25. The molecule has 0 atom stereocenters. The summed E-state index contributed by atoms with van der Waals surface area (Å²) in [6.07, 6.45) is 2.41. The lowest BCUT2D eigenvalue weighted by Crippen LogP contribution is -2.43.